The van der Waals surface area contributed by atoms with E-state index >= 15 is 0 Å². The molecule has 1 aliphatic heterocycles. The third-order valence-electron chi connectivity index (χ3n) is 4.80. The van der Waals surface area contributed by atoms with Gasteiger partial charge in [-0.3, -0.25) is 10.0 Å². The maximum atomic E-state index is 13.3. The lowest BCUT2D eigenvalue weighted by Crippen LogP contribution is -2.54. The van der Waals surface area contributed by atoms with Crippen molar-refractivity contribution in [3.05, 3.63) is 59.4 Å². The van der Waals surface area contributed by atoms with Gasteiger partial charge in [0.05, 0.1) is 11.0 Å². The fourth-order valence-electron chi connectivity index (χ4n) is 3.22. The predicted octanol–water partition coefficient (Wildman–Crippen LogP) is 1.70. The van der Waals surface area contributed by atoms with Gasteiger partial charge in [0.2, 0.25) is 10.0 Å². The highest BCUT2D eigenvalue weighted by Crippen LogP contribution is 2.27. The summed E-state index contributed by atoms with van der Waals surface area (Å²) in [6.07, 6.45) is -0.739. The predicted molar refractivity (Wildman–Crippen MR) is 99.9 cm³/mol. The fraction of sp³-hybridized carbons (Fsp3) is 0.316. The number of piperidine rings is 1. The minimum absolute atomic E-state index is 0.0266. The Morgan fingerprint density at radius 2 is 1.74 bits per heavy atom. The van der Waals surface area contributed by atoms with Gasteiger partial charge in [-0.05, 0) is 54.8 Å². The Bertz CT molecular complexity index is 1040. The van der Waals surface area contributed by atoms with E-state index in [0.717, 1.165) is 16.4 Å². The summed E-state index contributed by atoms with van der Waals surface area (Å²) in [5.74, 6) is -5.04. The van der Waals surface area contributed by atoms with Crippen LogP contribution in [-0.4, -0.2) is 47.6 Å². The number of sulfonamides is 1. The number of carbonyl (C=O) groups excluding carboxylic acids is 1. The minimum atomic E-state index is -4.19. The topological polar surface area (TPSA) is 116 Å². The number of carbonyl (C=O) groups is 1. The van der Waals surface area contributed by atoms with Gasteiger partial charge in [-0.2, -0.15) is 4.31 Å². The first-order valence-electron chi connectivity index (χ1n) is 9.13. The third-order valence-corrected chi connectivity index (χ3v) is 6.69. The number of halogens is 3. The number of amides is 1. The van der Waals surface area contributed by atoms with Crippen LogP contribution in [0.1, 0.15) is 18.4 Å². The van der Waals surface area contributed by atoms with E-state index in [-0.39, 0.29) is 42.2 Å². The SMILES string of the molecule is O=C(NO)C1CCC(O)CN1S(=O)(=O)c1ccc(OCc2cc(F)c(F)c(F)c2)cc1. The third kappa shape index (κ3) is 4.98. The normalized spacial score (nSPS) is 19.8. The van der Waals surface area contributed by atoms with E-state index in [2.05, 4.69) is 0 Å². The molecule has 2 atom stereocenters. The number of aliphatic hydroxyl groups excluding tert-OH is 1. The summed E-state index contributed by atoms with van der Waals surface area (Å²) in [7, 11) is -4.19. The number of hydroxylamine groups is 1. The summed E-state index contributed by atoms with van der Waals surface area (Å²) in [6, 6.07) is 5.38. The molecule has 1 heterocycles. The zero-order chi connectivity index (χ0) is 22.8. The largest absolute Gasteiger partial charge is 0.489 e. The van der Waals surface area contributed by atoms with E-state index in [1.165, 1.54) is 29.7 Å². The van der Waals surface area contributed by atoms with Crippen molar-refractivity contribution in [1.82, 2.24) is 9.79 Å². The molecule has 168 valence electrons. The van der Waals surface area contributed by atoms with E-state index < -0.39 is 45.5 Å². The van der Waals surface area contributed by atoms with E-state index in [1.54, 1.807) is 0 Å². The zero-order valence-corrected chi connectivity index (χ0v) is 16.8. The molecule has 2 aromatic rings. The highest BCUT2D eigenvalue weighted by Gasteiger charge is 2.40. The molecule has 1 amide bonds. The van der Waals surface area contributed by atoms with Crippen molar-refractivity contribution in [3.63, 3.8) is 0 Å². The molecular weight excluding hydrogens is 441 g/mol. The summed E-state index contributed by atoms with van der Waals surface area (Å²) >= 11 is 0. The van der Waals surface area contributed by atoms with Crippen LogP contribution < -0.4 is 10.2 Å². The van der Waals surface area contributed by atoms with E-state index in [0.29, 0.717) is 0 Å². The lowest BCUT2D eigenvalue weighted by molar-refractivity contribution is -0.135. The second kappa shape index (κ2) is 9.22. The Morgan fingerprint density at radius 1 is 1.13 bits per heavy atom. The van der Waals surface area contributed by atoms with Crippen LogP contribution in [0.2, 0.25) is 0 Å². The molecule has 1 aliphatic rings. The van der Waals surface area contributed by atoms with Crippen molar-refractivity contribution in [2.45, 2.75) is 36.5 Å². The van der Waals surface area contributed by atoms with E-state index in [4.69, 9.17) is 9.94 Å². The minimum Gasteiger partial charge on any atom is -0.489 e. The van der Waals surface area contributed by atoms with E-state index in [1.807, 2.05) is 0 Å². The number of rotatable bonds is 6. The number of nitrogens with one attached hydrogen (secondary N) is 1. The number of aliphatic hydroxyl groups is 1. The molecule has 2 aromatic carbocycles. The van der Waals surface area contributed by atoms with Crippen molar-refractivity contribution in [3.8, 4) is 5.75 Å². The smallest absolute Gasteiger partial charge is 0.261 e. The molecule has 12 heteroatoms. The molecular formula is C19H19F3N2O6S. The number of benzene rings is 2. The van der Waals surface area contributed by atoms with Crippen LogP contribution in [0, 0.1) is 17.5 Å². The highest BCUT2D eigenvalue weighted by atomic mass is 32.2. The Kier molecular flexibility index (Phi) is 6.84. The summed E-state index contributed by atoms with van der Waals surface area (Å²) < 4.78 is 71.6. The van der Waals surface area contributed by atoms with E-state index in [9.17, 15) is 31.5 Å². The van der Waals surface area contributed by atoms with Crippen molar-refractivity contribution in [2.24, 2.45) is 0 Å². The number of nitrogens with zero attached hydrogens (tertiary/aromatic N) is 1. The number of hydrogen-bond acceptors (Lipinski definition) is 6. The molecule has 1 saturated heterocycles. The summed E-state index contributed by atoms with van der Waals surface area (Å²) in [5, 5.41) is 18.7. The van der Waals surface area contributed by atoms with Crippen LogP contribution >= 0.6 is 0 Å². The standard InChI is InChI=1S/C19H19F3N2O6S/c20-15-7-11(8-16(21)18(15)22)10-30-13-2-4-14(5-3-13)31(28,29)24-9-12(25)1-6-17(24)19(26)23-27/h2-5,7-8,12,17,25,27H,1,6,9-10H2,(H,23,26). The van der Waals surface area contributed by atoms with Crippen LogP contribution in [0.15, 0.2) is 41.3 Å². The van der Waals surface area contributed by atoms with Crippen LogP contribution in [0.5, 0.6) is 5.75 Å². The van der Waals surface area contributed by atoms with Gasteiger partial charge in [-0.25, -0.2) is 27.1 Å². The molecule has 0 saturated carbocycles. The Balaban J connectivity index is 1.75. The highest BCUT2D eigenvalue weighted by molar-refractivity contribution is 7.89. The fourth-order valence-corrected chi connectivity index (χ4v) is 4.88. The van der Waals surface area contributed by atoms with Crippen LogP contribution in [0.3, 0.4) is 0 Å². The van der Waals surface area contributed by atoms with Gasteiger partial charge in [0.15, 0.2) is 17.5 Å². The van der Waals surface area contributed by atoms with Gasteiger partial charge in [-0.15, -0.1) is 0 Å². The molecule has 8 nitrogen and oxygen atoms in total. The average molecular weight is 460 g/mol. The zero-order valence-electron chi connectivity index (χ0n) is 16.0. The molecule has 0 aliphatic carbocycles. The number of β-amino-alcohol motifs (C(OH)–C–C–N with tert-alkyl or cyclic N) is 1. The quantitative estimate of drug-likeness (QED) is 0.343. The molecule has 2 unspecified atom stereocenters. The molecule has 3 rings (SSSR count). The monoisotopic (exact) mass is 460 g/mol. The van der Waals surface area contributed by atoms with Crippen molar-refractivity contribution in [2.75, 3.05) is 6.54 Å². The summed E-state index contributed by atoms with van der Waals surface area (Å²) in [5.41, 5.74) is 1.47. The Morgan fingerprint density at radius 3 is 2.32 bits per heavy atom. The lowest BCUT2D eigenvalue weighted by atomic mass is 10.0. The molecule has 1 fully saturated rings. The first-order valence-corrected chi connectivity index (χ1v) is 10.6. The van der Waals surface area contributed by atoms with Crippen molar-refractivity contribution < 1.29 is 41.4 Å². The van der Waals surface area contributed by atoms with Crippen LogP contribution in [0.25, 0.3) is 0 Å². The van der Waals surface area contributed by atoms with Crippen molar-refractivity contribution in [1.29, 1.82) is 0 Å². The number of ether oxygens (including phenoxy) is 1. The van der Waals surface area contributed by atoms with Gasteiger partial charge in [0, 0.05) is 6.54 Å². The van der Waals surface area contributed by atoms with Crippen LogP contribution in [-0.2, 0) is 21.4 Å². The maximum Gasteiger partial charge on any atom is 0.261 e. The first-order chi connectivity index (χ1) is 14.6. The van der Waals surface area contributed by atoms with Gasteiger partial charge < -0.3 is 9.84 Å². The van der Waals surface area contributed by atoms with Gasteiger partial charge >= 0.3 is 0 Å². The molecule has 0 aromatic heterocycles. The number of hydrogen-bond donors (Lipinski definition) is 3. The van der Waals surface area contributed by atoms with Gasteiger partial charge in [-0.1, -0.05) is 0 Å². The second-order valence-electron chi connectivity index (χ2n) is 6.93. The second-order valence-corrected chi connectivity index (χ2v) is 8.82. The molecule has 0 radical (unpaired) electrons. The summed E-state index contributed by atoms with van der Waals surface area (Å²) in [4.78, 5) is 11.7. The van der Waals surface area contributed by atoms with Crippen molar-refractivity contribution >= 4 is 15.9 Å². The Hall–Kier alpha value is -2.67. The van der Waals surface area contributed by atoms with Gasteiger partial charge in [0.1, 0.15) is 18.4 Å². The molecule has 31 heavy (non-hydrogen) atoms. The lowest BCUT2D eigenvalue weighted by Gasteiger charge is -2.35. The molecule has 0 bridgehead atoms. The van der Waals surface area contributed by atoms with Crippen LogP contribution in [0.4, 0.5) is 13.2 Å². The molecule has 3 N–H and O–H groups in total. The summed E-state index contributed by atoms with van der Waals surface area (Å²) in [6.45, 7) is -0.613. The maximum absolute atomic E-state index is 13.3. The average Bonchev–Trinajstić information content (AvgIpc) is 2.75. The molecule has 0 spiro atoms. The van der Waals surface area contributed by atoms with Gasteiger partial charge in [0.25, 0.3) is 5.91 Å². The Labute approximate surface area is 175 Å². The first kappa shape index (κ1) is 23.0.